The summed E-state index contributed by atoms with van der Waals surface area (Å²) in [7, 11) is 0. The van der Waals surface area contributed by atoms with E-state index in [-0.39, 0.29) is 11.6 Å². The second kappa shape index (κ2) is 6.80. The lowest BCUT2D eigenvalue weighted by atomic mass is 10.2. The van der Waals surface area contributed by atoms with Crippen LogP contribution in [0.5, 0.6) is 0 Å². The van der Waals surface area contributed by atoms with Gasteiger partial charge in [0.2, 0.25) is 0 Å². The monoisotopic (exact) mass is 310 g/mol. The molecule has 2 rings (SSSR count). The van der Waals surface area contributed by atoms with Crippen molar-refractivity contribution in [3.8, 4) is 0 Å². The molecule has 0 heterocycles. The van der Waals surface area contributed by atoms with E-state index in [0.29, 0.717) is 23.3 Å². The van der Waals surface area contributed by atoms with E-state index in [2.05, 4.69) is 12.2 Å². The van der Waals surface area contributed by atoms with Gasteiger partial charge in [0.05, 0.1) is 16.3 Å². The van der Waals surface area contributed by atoms with Gasteiger partial charge in [0, 0.05) is 12.6 Å². The number of halogens is 1. The number of benzene rings is 1. The van der Waals surface area contributed by atoms with E-state index in [1.54, 1.807) is 0 Å². The first-order chi connectivity index (χ1) is 10.0. The molecule has 0 spiro atoms. The summed E-state index contributed by atoms with van der Waals surface area (Å²) in [6.45, 7) is 2.79. The summed E-state index contributed by atoms with van der Waals surface area (Å²) >= 11 is 6.02. The van der Waals surface area contributed by atoms with Crippen LogP contribution < -0.4 is 5.32 Å². The molecule has 1 aromatic rings. The molecule has 0 unspecified atom stereocenters. The summed E-state index contributed by atoms with van der Waals surface area (Å²) in [5.74, 6) is -1.05. The minimum absolute atomic E-state index is 0.0984. The van der Waals surface area contributed by atoms with Crippen molar-refractivity contribution in [1.82, 2.24) is 4.90 Å². The molecule has 0 bridgehead atoms. The third-order valence-electron chi connectivity index (χ3n) is 3.46. The minimum atomic E-state index is -1.05. The van der Waals surface area contributed by atoms with Crippen LogP contribution in [-0.4, -0.2) is 34.6 Å². The minimum Gasteiger partial charge on any atom is -0.478 e. The molecule has 1 aromatic carbocycles. The molecule has 2 amide bonds. The highest BCUT2D eigenvalue weighted by molar-refractivity contribution is 6.33. The molecule has 21 heavy (non-hydrogen) atoms. The average Bonchev–Trinajstić information content (AvgIpc) is 3.26. The molecule has 1 saturated carbocycles. The highest BCUT2D eigenvalue weighted by Gasteiger charge is 2.32. The van der Waals surface area contributed by atoms with Gasteiger partial charge in [-0.15, -0.1) is 0 Å². The number of nitrogens with one attached hydrogen (secondary N) is 1. The first kappa shape index (κ1) is 15.6. The lowest BCUT2D eigenvalue weighted by molar-refractivity contribution is 0.0697. The quantitative estimate of drug-likeness (QED) is 0.838. The van der Waals surface area contributed by atoms with Gasteiger partial charge in [-0.2, -0.15) is 0 Å². The van der Waals surface area contributed by atoms with Crippen LogP contribution in [0, 0.1) is 0 Å². The molecular weight excluding hydrogens is 292 g/mol. The van der Waals surface area contributed by atoms with E-state index in [4.69, 9.17) is 16.7 Å². The first-order valence-electron chi connectivity index (χ1n) is 7.13. The molecule has 1 aliphatic carbocycles. The number of carboxylic acids is 1. The van der Waals surface area contributed by atoms with Crippen LogP contribution in [0.3, 0.4) is 0 Å². The summed E-state index contributed by atoms with van der Waals surface area (Å²) < 4.78 is 0. The van der Waals surface area contributed by atoms with E-state index >= 15 is 0 Å². The van der Waals surface area contributed by atoms with Gasteiger partial charge < -0.3 is 15.3 Å². The Kier molecular flexibility index (Phi) is 5.07. The predicted molar refractivity (Wildman–Crippen MR) is 82.1 cm³/mol. The van der Waals surface area contributed by atoms with Gasteiger partial charge in [-0.1, -0.05) is 24.9 Å². The van der Waals surface area contributed by atoms with Crippen LogP contribution in [-0.2, 0) is 0 Å². The molecular formula is C15H19ClN2O3. The number of unbranched alkanes of at least 4 members (excludes halogenated alkanes) is 1. The number of carbonyl (C=O) groups is 2. The van der Waals surface area contributed by atoms with Crippen LogP contribution in [0.15, 0.2) is 18.2 Å². The second-order valence-electron chi connectivity index (χ2n) is 5.21. The Morgan fingerprint density at radius 1 is 1.43 bits per heavy atom. The number of hydrogen-bond donors (Lipinski definition) is 2. The van der Waals surface area contributed by atoms with Crippen molar-refractivity contribution in [3.05, 3.63) is 28.8 Å². The Bertz CT molecular complexity index is 544. The molecule has 1 aliphatic rings. The lowest BCUT2D eigenvalue weighted by Gasteiger charge is -2.23. The number of urea groups is 1. The number of amides is 2. The fourth-order valence-corrected chi connectivity index (χ4v) is 2.27. The molecule has 2 N–H and O–H groups in total. The molecule has 5 nitrogen and oxygen atoms in total. The maximum atomic E-state index is 12.3. The smallest absolute Gasteiger partial charge is 0.335 e. The number of carbonyl (C=O) groups excluding carboxylic acids is 1. The Morgan fingerprint density at radius 2 is 2.14 bits per heavy atom. The standard InChI is InChI=1S/C15H19ClN2O3/c1-2-3-8-18(11-5-6-11)15(21)17-13-9-10(14(19)20)4-7-12(13)16/h4,7,9,11H,2-3,5-6,8H2,1H3,(H,17,21)(H,19,20). The van der Waals surface area contributed by atoms with Gasteiger partial charge in [0.1, 0.15) is 0 Å². The highest BCUT2D eigenvalue weighted by atomic mass is 35.5. The largest absolute Gasteiger partial charge is 0.478 e. The number of carboxylic acid groups (broad SMARTS) is 1. The van der Waals surface area contributed by atoms with E-state index in [9.17, 15) is 9.59 Å². The van der Waals surface area contributed by atoms with Crippen molar-refractivity contribution in [3.63, 3.8) is 0 Å². The van der Waals surface area contributed by atoms with E-state index < -0.39 is 5.97 Å². The fourth-order valence-electron chi connectivity index (χ4n) is 2.11. The van der Waals surface area contributed by atoms with Crippen molar-refractivity contribution in [2.24, 2.45) is 0 Å². The second-order valence-corrected chi connectivity index (χ2v) is 5.62. The Labute approximate surface area is 128 Å². The van der Waals surface area contributed by atoms with Gasteiger partial charge in [0.15, 0.2) is 0 Å². The van der Waals surface area contributed by atoms with Crippen molar-refractivity contribution in [2.45, 2.75) is 38.6 Å². The third-order valence-corrected chi connectivity index (χ3v) is 3.79. The zero-order chi connectivity index (χ0) is 15.4. The predicted octanol–water partition coefficient (Wildman–Crippen LogP) is 3.83. The van der Waals surface area contributed by atoms with Crippen LogP contribution in [0.1, 0.15) is 43.0 Å². The van der Waals surface area contributed by atoms with Gasteiger partial charge in [-0.3, -0.25) is 0 Å². The van der Waals surface area contributed by atoms with Crippen LogP contribution in [0.4, 0.5) is 10.5 Å². The Morgan fingerprint density at radius 3 is 2.71 bits per heavy atom. The van der Waals surface area contributed by atoms with Gasteiger partial charge >= 0.3 is 12.0 Å². The summed E-state index contributed by atoms with van der Waals surface area (Å²) in [6, 6.07) is 4.37. The van der Waals surface area contributed by atoms with E-state index in [1.807, 2.05) is 4.90 Å². The van der Waals surface area contributed by atoms with Crippen LogP contribution in [0.2, 0.25) is 5.02 Å². The van der Waals surface area contributed by atoms with Crippen molar-refractivity contribution >= 4 is 29.3 Å². The number of anilines is 1. The summed E-state index contributed by atoms with van der Waals surface area (Å²) in [6.07, 6.45) is 4.03. The first-order valence-corrected chi connectivity index (χ1v) is 7.51. The Balaban J connectivity index is 2.10. The number of nitrogens with zero attached hydrogens (tertiary/aromatic N) is 1. The van der Waals surface area contributed by atoms with Gasteiger partial charge in [-0.25, -0.2) is 9.59 Å². The number of aromatic carboxylic acids is 1. The van der Waals surface area contributed by atoms with Crippen molar-refractivity contribution in [1.29, 1.82) is 0 Å². The topological polar surface area (TPSA) is 69.6 Å². The summed E-state index contributed by atoms with van der Waals surface area (Å²) in [4.78, 5) is 25.1. The SMILES string of the molecule is CCCCN(C(=O)Nc1cc(C(=O)O)ccc1Cl)C1CC1. The molecule has 114 valence electrons. The average molecular weight is 311 g/mol. The number of hydrogen-bond acceptors (Lipinski definition) is 2. The normalized spacial score (nSPS) is 13.8. The zero-order valence-electron chi connectivity index (χ0n) is 11.9. The maximum Gasteiger partial charge on any atom is 0.335 e. The molecule has 0 aromatic heterocycles. The summed E-state index contributed by atoms with van der Waals surface area (Å²) in [5, 5.41) is 12.1. The summed E-state index contributed by atoms with van der Waals surface area (Å²) in [5.41, 5.74) is 0.435. The molecule has 0 saturated heterocycles. The fraction of sp³-hybridized carbons (Fsp3) is 0.467. The lowest BCUT2D eigenvalue weighted by Crippen LogP contribution is -2.37. The molecule has 1 fully saturated rings. The molecule has 0 atom stereocenters. The molecule has 6 heteroatoms. The van der Waals surface area contributed by atoms with Crippen molar-refractivity contribution < 1.29 is 14.7 Å². The van der Waals surface area contributed by atoms with Crippen LogP contribution in [0.25, 0.3) is 0 Å². The Hall–Kier alpha value is -1.75. The molecule has 0 radical (unpaired) electrons. The van der Waals surface area contributed by atoms with Crippen LogP contribution >= 0.6 is 11.6 Å². The number of rotatable bonds is 6. The van der Waals surface area contributed by atoms with Crippen molar-refractivity contribution in [2.75, 3.05) is 11.9 Å². The zero-order valence-corrected chi connectivity index (χ0v) is 12.7. The third kappa shape index (κ3) is 4.11. The van der Waals surface area contributed by atoms with E-state index in [1.165, 1.54) is 18.2 Å². The van der Waals surface area contributed by atoms with E-state index in [0.717, 1.165) is 25.7 Å². The van der Waals surface area contributed by atoms with Gasteiger partial charge in [-0.05, 0) is 37.5 Å². The highest BCUT2D eigenvalue weighted by Crippen LogP contribution is 2.29. The molecule has 0 aliphatic heterocycles. The maximum absolute atomic E-state index is 12.3. The van der Waals surface area contributed by atoms with Gasteiger partial charge in [0.25, 0.3) is 0 Å².